The first-order chi connectivity index (χ1) is 13.8. The normalized spacial score (nSPS) is 11.6. The van der Waals surface area contributed by atoms with Crippen LogP contribution in [0.2, 0.25) is 5.02 Å². The summed E-state index contributed by atoms with van der Waals surface area (Å²) in [5, 5.41) is 12.7. The van der Waals surface area contributed by atoms with Crippen molar-refractivity contribution in [3.05, 3.63) is 59.2 Å². The van der Waals surface area contributed by atoms with E-state index in [0.29, 0.717) is 27.6 Å². The van der Waals surface area contributed by atoms with Crippen LogP contribution in [0.1, 0.15) is 5.56 Å². The van der Waals surface area contributed by atoms with Gasteiger partial charge < -0.3 is 10.6 Å². The van der Waals surface area contributed by atoms with Gasteiger partial charge in [-0.15, -0.1) is 0 Å². The largest absolute Gasteiger partial charge is 0.324 e. The number of rotatable bonds is 5. The van der Waals surface area contributed by atoms with Crippen LogP contribution in [0.3, 0.4) is 0 Å². The fraction of sp³-hybridized carbons (Fsp3) is 0.0556. The van der Waals surface area contributed by atoms with E-state index >= 15 is 0 Å². The van der Waals surface area contributed by atoms with Crippen molar-refractivity contribution in [3.8, 4) is 0 Å². The van der Waals surface area contributed by atoms with E-state index in [9.17, 15) is 8.42 Å². The van der Waals surface area contributed by atoms with Crippen LogP contribution in [0, 0.1) is 6.92 Å². The van der Waals surface area contributed by atoms with Crippen LogP contribution >= 0.6 is 22.9 Å². The molecule has 4 N–H and O–H groups in total. The standard InChI is InChI=1S/C18H15ClN6O2S2/c1-10-9-21-17(22-12-3-5-13(6-4-12)29(20,26)27)24-16(10)25-18-23-14-7-2-11(19)8-15(14)28-18/h2-9H,1H3,(H2,20,26,27)(H2,21,22,23,24,25). The SMILES string of the molecule is Cc1cnc(Nc2ccc(S(N)(=O)=O)cc2)nc1Nc1nc2ccc(Cl)cc2s1. The number of anilines is 4. The Kier molecular flexibility index (Phi) is 5.09. The number of nitrogens with two attached hydrogens (primary N) is 1. The van der Waals surface area contributed by atoms with Crippen LogP contribution in [0.15, 0.2) is 53.6 Å². The molecule has 0 spiro atoms. The van der Waals surface area contributed by atoms with Crippen LogP contribution in [-0.4, -0.2) is 23.4 Å². The zero-order chi connectivity index (χ0) is 20.6. The number of primary sulfonamides is 1. The molecule has 0 aliphatic carbocycles. The van der Waals surface area contributed by atoms with Crippen LogP contribution in [0.4, 0.5) is 22.6 Å². The first kappa shape index (κ1) is 19.5. The van der Waals surface area contributed by atoms with Gasteiger partial charge in [0, 0.05) is 22.5 Å². The van der Waals surface area contributed by atoms with Gasteiger partial charge in [-0.05, 0) is 49.4 Å². The topological polar surface area (TPSA) is 123 Å². The third kappa shape index (κ3) is 4.46. The minimum absolute atomic E-state index is 0.0335. The molecule has 8 nitrogen and oxygen atoms in total. The molecule has 0 aliphatic rings. The number of nitrogens with one attached hydrogen (secondary N) is 2. The molecule has 0 unspecified atom stereocenters. The highest BCUT2D eigenvalue weighted by molar-refractivity contribution is 7.89. The highest BCUT2D eigenvalue weighted by Gasteiger charge is 2.10. The summed E-state index contributed by atoms with van der Waals surface area (Å²) >= 11 is 7.51. The number of nitrogens with zero attached hydrogens (tertiary/aromatic N) is 3. The van der Waals surface area contributed by atoms with Crippen molar-refractivity contribution < 1.29 is 8.42 Å². The van der Waals surface area contributed by atoms with E-state index in [-0.39, 0.29) is 4.90 Å². The lowest BCUT2D eigenvalue weighted by atomic mass is 10.3. The van der Waals surface area contributed by atoms with Gasteiger partial charge in [-0.3, -0.25) is 0 Å². The number of aryl methyl sites for hydroxylation is 1. The van der Waals surface area contributed by atoms with Crippen molar-refractivity contribution >= 4 is 65.8 Å². The first-order valence-corrected chi connectivity index (χ1v) is 11.1. The Balaban J connectivity index is 1.57. The van der Waals surface area contributed by atoms with E-state index in [4.69, 9.17) is 16.7 Å². The summed E-state index contributed by atoms with van der Waals surface area (Å²) in [5.74, 6) is 0.958. The molecule has 11 heteroatoms. The van der Waals surface area contributed by atoms with Crippen molar-refractivity contribution in [2.45, 2.75) is 11.8 Å². The van der Waals surface area contributed by atoms with Gasteiger partial charge in [-0.2, -0.15) is 4.98 Å². The monoisotopic (exact) mass is 446 g/mol. The molecule has 29 heavy (non-hydrogen) atoms. The third-order valence-electron chi connectivity index (χ3n) is 3.99. The third-order valence-corrected chi connectivity index (χ3v) is 6.08. The quantitative estimate of drug-likeness (QED) is 0.420. The van der Waals surface area contributed by atoms with Crippen LogP contribution in [0.5, 0.6) is 0 Å². The fourth-order valence-corrected chi connectivity index (χ4v) is 4.20. The van der Waals surface area contributed by atoms with E-state index < -0.39 is 10.0 Å². The summed E-state index contributed by atoms with van der Waals surface area (Å²) in [6, 6.07) is 11.5. The molecule has 0 saturated carbocycles. The second kappa shape index (κ2) is 7.56. The number of aromatic nitrogens is 3. The van der Waals surface area contributed by atoms with Crippen molar-refractivity contribution in [2.24, 2.45) is 5.14 Å². The molecule has 0 amide bonds. The minimum Gasteiger partial charge on any atom is -0.324 e. The maximum atomic E-state index is 11.4. The molecule has 4 rings (SSSR count). The van der Waals surface area contributed by atoms with Crippen molar-refractivity contribution in [3.63, 3.8) is 0 Å². The van der Waals surface area contributed by atoms with Gasteiger partial charge in [0.15, 0.2) is 5.13 Å². The average Bonchev–Trinajstić information content (AvgIpc) is 3.05. The van der Waals surface area contributed by atoms with Gasteiger partial charge in [-0.1, -0.05) is 22.9 Å². The number of halogens is 1. The highest BCUT2D eigenvalue weighted by atomic mass is 35.5. The molecular weight excluding hydrogens is 432 g/mol. The Morgan fingerprint density at radius 2 is 1.83 bits per heavy atom. The summed E-state index contributed by atoms with van der Waals surface area (Å²) in [7, 11) is -3.74. The van der Waals surface area contributed by atoms with E-state index in [1.165, 1.54) is 23.5 Å². The van der Waals surface area contributed by atoms with E-state index in [1.54, 1.807) is 24.4 Å². The highest BCUT2D eigenvalue weighted by Crippen LogP contribution is 2.30. The Labute approximate surface area is 175 Å². The van der Waals surface area contributed by atoms with Gasteiger partial charge in [0.05, 0.1) is 15.1 Å². The van der Waals surface area contributed by atoms with Gasteiger partial charge in [0.25, 0.3) is 0 Å². The summed E-state index contributed by atoms with van der Waals surface area (Å²) in [6.45, 7) is 1.89. The molecule has 2 heterocycles. The van der Waals surface area contributed by atoms with Crippen LogP contribution < -0.4 is 15.8 Å². The smallest absolute Gasteiger partial charge is 0.238 e. The second-order valence-electron chi connectivity index (χ2n) is 6.18. The summed E-state index contributed by atoms with van der Waals surface area (Å²) in [4.78, 5) is 13.3. The summed E-state index contributed by atoms with van der Waals surface area (Å²) in [5.41, 5.74) is 2.32. The Hall–Kier alpha value is -2.79. The lowest BCUT2D eigenvalue weighted by molar-refractivity contribution is 0.598. The molecule has 4 aromatic rings. The fourth-order valence-electron chi connectivity index (χ4n) is 2.54. The number of fused-ring (bicyclic) bond motifs is 1. The number of sulfonamides is 1. The van der Waals surface area contributed by atoms with Crippen molar-refractivity contribution in [1.82, 2.24) is 15.0 Å². The number of hydrogen-bond acceptors (Lipinski definition) is 8. The Morgan fingerprint density at radius 3 is 2.55 bits per heavy atom. The molecular formula is C18H15ClN6O2S2. The number of benzene rings is 2. The molecule has 0 radical (unpaired) electrons. The van der Waals surface area contributed by atoms with E-state index in [0.717, 1.165) is 15.8 Å². The average molecular weight is 447 g/mol. The van der Waals surface area contributed by atoms with Gasteiger partial charge >= 0.3 is 0 Å². The molecule has 2 aromatic heterocycles. The molecule has 0 atom stereocenters. The first-order valence-electron chi connectivity index (χ1n) is 8.34. The van der Waals surface area contributed by atoms with Crippen molar-refractivity contribution in [1.29, 1.82) is 0 Å². The maximum absolute atomic E-state index is 11.4. The molecule has 0 aliphatic heterocycles. The van der Waals surface area contributed by atoms with Gasteiger partial charge in [0.2, 0.25) is 16.0 Å². The predicted octanol–water partition coefficient (Wildman–Crippen LogP) is 4.18. The molecule has 0 fully saturated rings. The zero-order valence-corrected chi connectivity index (χ0v) is 17.4. The minimum atomic E-state index is -3.74. The van der Waals surface area contributed by atoms with E-state index in [1.807, 2.05) is 19.1 Å². The second-order valence-corrected chi connectivity index (χ2v) is 9.20. The Bertz CT molecular complexity index is 1310. The van der Waals surface area contributed by atoms with Crippen LogP contribution in [-0.2, 0) is 10.0 Å². The van der Waals surface area contributed by atoms with E-state index in [2.05, 4.69) is 25.6 Å². The molecule has 0 bridgehead atoms. The maximum Gasteiger partial charge on any atom is 0.238 e. The molecule has 148 valence electrons. The summed E-state index contributed by atoms with van der Waals surface area (Å²) < 4.78 is 23.7. The summed E-state index contributed by atoms with van der Waals surface area (Å²) in [6.07, 6.45) is 1.68. The Morgan fingerprint density at radius 1 is 1.07 bits per heavy atom. The van der Waals surface area contributed by atoms with Crippen molar-refractivity contribution in [2.75, 3.05) is 10.6 Å². The zero-order valence-electron chi connectivity index (χ0n) is 15.0. The predicted molar refractivity (Wildman–Crippen MR) is 116 cm³/mol. The van der Waals surface area contributed by atoms with Gasteiger partial charge in [-0.25, -0.2) is 23.5 Å². The lowest BCUT2D eigenvalue weighted by Crippen LogP contribution is -2.11. The lowest BCUT2D eigenvalue weighted by Gasteiger charge is -2.09. The molecule has 0 saturated heterocycles. The number of thiazole rings is 1. The van der Waals surface area contributed by atoms with Crippen LogP contribution in [0.25, 0.3) is 10.2 Å². The van der Waals surface area contributed by atoms with Gasteiger partial charge in [0.1, 0.15) is 5.82 Å². The molecule has 2 aromatic carbocycles. The number of hydrogen-bond donors (Lipinski definition) is 3.